The van der Waals surface area contributed by atoms with Crippen molar-refractivity contribution in [2.75, 3.05) is 19.8 Å². The number of rotatable bonds is 3. The Morgan fingerprint density at radius 3 is 2.67 bits per heavy atom. The molecule has 122 valence electrons. The molecule has 2 N–H and O–H groups in total. The molecule has 0 aliphatic carbocycles. The number of fused-ring (bicyclic) bond motifs is 1. The van der Waals surface area contributed by atoms with Crippen molar-refractivity contribution in [1.29, 1.82) is 0 Å². The Kier molecular flexibility index (Phi) is 4.04. The first-order valence-corrected chi connectivity index (χ1v) is 7.52. The molecule has 0 fully saturated rings. The monoisotopic (exact) mass is 322 g/mol. The topological polar surface area (TPSA) is 81.2 Å². The third-order valence-electron chi connectivity index (χ3n) is 3.84. The first-order valence-electron chi connectivity index (χ1n) is 7.52. The fraction of sp³-hybridized carbons (Fsp3) is 0.167. The van der Waals surface area contributed by atoms with E-state index in [1.165, 1.54) is 4.90 Å². The Bertz CT molecular complexity index is 962. The number of nitrogens with zero attached hydrogens (tertiary/aromatic N) is 3. The zero-order valence-electron chi connectivity index (χ0n) is 13.6. The van der Waals surface area contributed by atoms with Crippen LogP contribution in [0.3, 0.4) is 0 Å². The van der Waals surface area contributed by atoms with E-state index in [1.807, 2.05) is 28.8 Å². The summed E-state index contributed by atoms with van der Waals surface area (Å²) < 4.78 is 1.84. The molecule has 0 spiro atoms. The summed E-state index contributed by atoms with van der Waals surface area (Å²) in [6, 6.07) is 10.9. The van der Waals surface area contributed by atoms with Crippen molar-refractivity contribution < 1.29 is 4.79 Å². The maximum atomic E-state index is 12.7. The quantitative estimate of drug-likeness (QED) is 0.745. The van der Waals surface area contributed by atoms with Crippen LogP contribution in [0.4, 0.5) is 5.69 Å². The molecular weight excluding hydrogens is 304 g/mol. The Hall–Kier alpha value is -3.15. The number of hydrogen-bond donors (Lipinski definition) is 1. The van der Waals surface area contributed by atoms with E-state index in [4.69, 9.17) is 5.73 Å². The van der Waals surface area contributed by atoms with Crippen LogP contribution < -0.4 is 11.2 Å². The summed E-state index contributed by atoms with van der Waals surface area (Å²) in [6.45, 7) is 0.439. The van der Waals surface area contributed by atoms with E-state index in [9.17, 15) is 9.59 Å². The molecule has 0 saturated carbocycles. The minimum absolute atomic E-state index is 0.0985. The number of nitrogens with two attached hydrogens (primary N) is 1. The van der Waals surface area contributed by atoms with Crippen LogP contribution in [0.1, 0.15) is 16.1 Å². The third kappa shape index (κ3) is 2.74. The predicted molar refractivity (Wildman–Crippen MR) is 94.0 cm³/mol. The second kappa shape index (κ2) is 6.16. The molecule has 0 aliphatic heterocycles. The SMILES string of the molecule is CN(C)C(=O)c1cn(Cc2ccccn2)c2cccc(N)c2c1=O. The molecule has 24 heavy (non-hydrogen) atoms. The van der Waals surface area contributed by atoms with Crippen LogP contribution >= 0.6 is 0 Å². The van der Waals surface area contributed by atoms with E-state index in [-0.39, 0.29) is 16.9 Å². The first-order chi connectivity index (χ1) is 11.5. The van der Waals surface area contributed by atoms with E-state index in [1.54, 1.807) is 38.6 Å². The molecule has 6 heteroatoms. The zero-order chi connectivity index (χ0) is 17.3. The molecule has 1 aromatic carbocycles. The molecule has 2 aromatic heterocycles. The van der Waals surface area contributed by atoms with Crippen molar-refractivity contribution in [1.82, 2.24) is 14.5 Å². The van der Waals surface area contributed by atoms with Gasteiger partial charge in [-0.05, 0) is 24.3 Å². The molecule has 0 unspecified atom stereocenters. The second-order valence-electron chi connectivity index (χ2n) is 5.76. The number of anilines is 1. The molecule has 0 atom stereocenters. The number of pyridine rings is 2. The predicted octanol–water partition coefficient (Wildman–Crippen LogP) is 1.73. The maximum absolute atomic E-state index is 12.7. The van der Waals surface area contributed by atoms with Gasteiger partial charge in [0, 0.05) is 32.2 Å². The Morgan fingerprint density at radius 2 is 2.00 bits per heavy atom. The number of amides is 1. The smallest absolute Gasteiger partial charge is 0.258 e. The van der Waals surface area contributed by atoms with Crippen molar-refractivity contribution >= 4 is 22.5 Å². The van der Waals surface area contributed by atoms with Crippen LogP contribution in [-0.4, -0.2) is 34.5 Å². The van der Waals surface area contributed by atoms with Crippen LogP contribution in [-0.2, 0) is 6.54 Å². The van der Waals surface area contributed by atoms with Crippen molar-refractivity contribution in [3.05, 3.63) is 70.3 Å². The van der Waals surface area contributed by atoms with Gasteiger partial charge in [0.2, 0.25) is 5.43 Å². The lowest BCUT2D eigenvalue weighted by Gasteiger charge is -2.16. The number of aromatic nitrogens is 2. The fourth-order valence-electron chi connectivity index (χ4n) is 2.65. The molecule has 3 aromatic rings. The number of nitrogen functional groups attached to an aromatic ring is 1. The summed E-state index contributed by atoms with van der Waals surface area (Å²) in [5.74, 6) is -0.347. The van der Waals surface area contributed by atoms with Gasteiger partial charge in [-0.2, -0.15) is 0 Å². The first kappa shape index (κ1) is 15.7. The van der Waals surface area contributed by atoms with E-state index >= 15 is 0 Å². The van der Waals surface area contributed by atoms with Crippen LogP contribution in [0.5, 0.6) is 0 Å². The molecule has 0 radical (unpaired) electrons. The molecule has 1 amide bonds. The minimum atomic E-state index is -0.348. The average Bonchev–Trinajstić information content (AvgIpc) is 2.57. The highest BCUT2D eigenvalue weighted by Gasteiger charge is 2.18. The lowest BCUT2D eigenvalue weighted by Crippen LogP contribution is -2.29. The zero-order valence-corrected chi connectivity index (χ0v) is 13.6. The molecule has 0 saturated heterocycles. The highest BCUT2D eigenvalue weighted by atomic mass is 16.2. The van der Waals surface area contributed by atoms with Gasteiger partial charge in [-0.3, -0.25) is 14.6 Å². The van der Waals surface area contributed by atoms with Crippen LogP contribution in [0.2, 0.25) is 0 Å². The van der Waals surface area contributed by atoms with Gasteiger partial charge in [-0.25, -0.2) is 0 Å². The molecule has 6 nitrogen and oxygen atoms in total. The summed E-state index contributed by atoms with van der Waals surface area (Å²) in [7, 11) is 3.23. The standard InChI is InChI=1S/C18H18N4O2/c1-21(2)18(24)13-11-22(10-12-6-3-4-9-20-12)15-8-5-7-14(19)16(15)17(13)23/h3-9,11H,10,19H2,1-2H3. The van der Waals surface area contributed by atoms with E-state index in [2.05, 4.69) is 4.98 Å². The molecule has 0 aliphatic rings. The summed E-state index contributed by atoms with van der Waals surface area (Å²) >= 11 is 0. The molecule has 2 heterocycles. The van der Waals surface area contributed by atoms with Crippen LogP contribution in [0, 0.1) is 0 Å². The van der Waals surface area contributed by atoms with Crippen LogP contribution in [0.15, 0.2) is 53.6 Å². The fourth-order valence-corrected chi connectivity index (χ4v) is 2.65. The largest absolute Gasteiger partial charge is 0.398 e. The Morgan fingerprint density at radius 1 is 1.21 bits per heavy atom. The molecule has 3 rings (SSSR count). The number of hydrogen-bond acceptors (Lipinski definition) is 4. The van der Waals surface area contributed by atoms with Gasteiger partial charge < -0.3 is 15.2 Å². The van der Waals surface area contributed by atoms with Gasteiger partial charge in [0.15, 0.2) is 0 Å². The number of carbonyl (C=O) groups is 1. The van der Waals surface area contributed by atoms with E-state index in [0.717, 1.165) is 5.69 Å². The Balaban J connectivity index is 2.28. The van der Waals surface area contributed by atoms with Crippen molar-refractivity contribution in [2.45, 2.75) is 6.54 Å². The van der Waals surface area contributed by atoms with E-state index in [0.29, 0.717) is 23.1 Å². The van der Waals surface area contributed by atoms with Crippen LogP contribution in [0.25, 0.3) is 10.9 Å². The van der Waals surface area contributed by atoms with Gasteiger partial charge in [0.05, 0.1) is 23.1 Å². The lowest BCUT2D eigenvalue weighted by molar-refractivity contribution is 0.0826. The highest BCUT2D eigenvalue weighted by molar-refractivity contribution is 5.99. The van der Waals surface area contributed by atoms with Gasteiger partial charge in [-0.1, -0.05) is 12.1 Å². The second-order valence-corrected chi connectivity index (χ2v) is 5.76. The normalized spacial score (nSPS) is 10.8. The summed E-state index contributed by atoms with van der Waals surface area (Å²) in [5, 5.41) is 0.362. The van der Waals surface area contributed by atoms with Gasteiger partial charge in [0.25, 0.3) is 5.91 Å². The number of carbonyl (C=O) groups excluding carboxylic acids is 1. The molecular formula is C18H18N4O2. The lowest BCUT2D eigenvalue weighted by atomic mass is 10.1. The number of benzene rings is 1. The maximum Gasteiger partial charge on any atom is 0.258 e. The Labute approximate surface area is 139 Å². The minimum Gasteiger partial charge on any atom is -0.398 e. The average molecular weight is 322 g/mol. The summed E-state index contributed by atoms with van der Waals surface area (Å²) in [5.41, 5.74) is 7.63. The summed E-state index contributed by atoms with van der Waals surface area (Å²) in [6.07, 6.45) is 3.29. The summed E-state index contributed by atoms with van der Waals surface area (Å²) in [4.78, 5) is 30.8. The van der Waals surface area contributed by atoms with Crippen molar-refractivity contribution in [2.24, 2.45) is 0 Å². The van der Waals surface area contributed by atoms with Crippen molar-refractivity contribution in [3.63, 3.8) is 0 Å². The highest BCUT2D eigenvalue weighted by Crippen LogP contribution is 2.19. The van der Waals surface area contributed by atoms with Crippen molar-refractivity contribution in [3.8, 4) is 0 Å². The molecule has 0 bridgehead atoms. The van der Waals surface area contributed by atoms with Gasteiger partial charge >= 0.3 is 0 Å². The third-order valence-corrected chi connectivity index (χ3v) is 3.84. The van der Waals surface area contributed by atoms with Gasteiger partial charge in [-0.15, -0.1) is 0 Å². The van der Waals surface area contributed by atoms with Gasteiger partial charge in [0.1, 0.15) is 5.56 Å². The van der Waals surface area contributed by atoms with E-state index < -0.39 is 0 Å².